The predicted molar refractivity (Wildman–Crippen MR) is 49.6 cm³/mol. The van der Waals surface area contributed by atoms with Crippen LogP contribution in [-0.4, -0.2) is 43.0 Å². The maximum atomic E-state index is 10.5. The molecule has 2 unspecified atom stereocenters. The van der Waals surface area contributed by atoms with Crippen LogP contribution >= 0.6 is 0 Å². The van der Waals surface area contributed by atoms with Crippen LogP contribution in [0.2, 0.25) is 0 Å². The Morgan fingerprint density at radius 3 is 3.08 bits per heavy atom. The number of carbonyl (C=O) groups is 1. The maximum absolute atomic E-state index is 10.5. The number of fused-ring (bicyclic) bond motifs is 1. The summed E-state index contributed by atoms with van der Waals surface area (Å²) in [5, 5.41) is 0. The van der Waals surface area contributed by atoms with E-state index >= 15 is 0 Å². The van der Waals surface area contributed by atoms with Crippen LogP contribution < -0.4 is 0 Å². The van der Waals surface area contributed by atoms with Gasteiger partial charge in [0.2, 0.25) is 0 Å². The molecule has 0 amide bonds. The van der Waals surface area contributed by atoms with Gasteiger partial charge in [0.1, 0.15) is 6.29 Å². The first-order chi connectivity index (χ1) is 6.42. The zero-order chi connectivity index (χ0) is 9.10. The molecule has 0 bridgehead atoms. The van der Waals surface area contributed by atoms with Gasteiger partial charge < -0.3 is 9.53 Å². The van der Waals surface area contributed by atoms with Crippen molar-refractivity contribution in [3.8, 4) is 0 Å². The molecule has 13 heavy (non-hydrogen) atoms. The van der Waals surface area contributed by atoms with E-state index in [0.717, 1.165) is 19.4 Å². The van der Waals surface area contributed by atoms with E-state index in [4.69, 9.17) is 4.74 Å². The van der Waals surface area contributed by atoms with Crippen LogP contribution in [-0.2, 0) is 9.53 Å². The summed E-state index contributed by atoms with van der Waals surface area (Å²) in [6.07, 6.45) is 6.38. The molecule has 2 atom stereocenters. The molecule has 3 nitrogen and oxygen atoms in total. The largest absolute Gasteiger partial charge is 0.375 e. The average Bonchev–Trinajstić information content (AvgIpc) is 2.19. The van der Waals surface area contributed by atoms with Gasteiger partial charge in [-0.1, -0.05) is 12.8 Å². The molecule has 2 aliphatic rings. The Balaban J connectivity index is 1.98. The van der Waals surface area contributed by atoms with Crippen LogP contribution in [0.4, 0.5) is 0 Å². The van der Waals surface area contributed by atoms with Gasteiger partial charge in [0, 0.05) is 12.6 Å². The Kier molecular flexibility index (Phi) is 2.96. The molecular weight excluding hydrogens is 166 g/mol. The van der Waals surface area contributed by atoms with Crippen molar-refractivity contribution < 1.29 is 9.53 Å². The molecule has 2 rings (SSSR count). The van der Waals surface area contributed by atoms with E-state index in [1.165, 1.54) is 25.7 Å². The van der Waals surface area contributed by atoms with Crippen molar-refractivity contribution in [2.75, 3.05) is 19.7 Å². The van der Waals surface area contributed by atoms with Crippen LogP contribution in [0.15, 0.2) is 0 Å². The smallest absolute Gasteiger partial charge is 0.133 e. The van der Waals surface area contributed by atoms with Crippen molar-refractivity contribution in [1.29, 1.82) is 0 Å². The lowest BCUT2D eigenvalue weighted by atomic mass is 9.90. The number of morpholine rings is 1. The molecule has 1 aliphatic carbocycles. The number of aldehydes is 1. The third-order valence-electron chi connectivity index (χ3n) is 3.16. The molecule has 2 fully saturated rings. The zero-order valence-corrected chi connectivity index (χ0v) is 7.95. The third-order valence-corrected chi connectivity index (χ3v) is 3.16. The maximum Gasteiger partial charge on any atom is 0.133 e. The van der Waals surface area contributed by atoms with E-state index in [0.29, 0.717) is 18.7 Å². The van der Waals surface area contributed by atoms with Gasteiger partial charge in [-0.15, -0.1) is 0 Å². The lowest BCUT2D eigenvalue weighted by Crippen LogP contribution is -2.53. The van der Waals surface area contributed by atoms with Crippen LogP contribution in [0.1, 0.15) is 25.7 Å². The standard InChI is InChI=1S/C10H17NO2/c12-7-5-11-6-8-13-10-4-2-1-3-9(10)11/h7,9-10H,1-6,8H2. The number of carbonyl (C=O) groups excluding carboxylic acids is 1. The summed E-state index contributed by atoms with van der Waals surface area (Å²) in [7, 11) is 0. The topological polar surface area (TPSA) is 29.5 Å². The van der Waals surface area contributed by atoms with Crippen molar-refractivity contribution in [2.24, 2.45) is 0 Å². The fourth-order valence-corrected chi connectivity index (χ4v) is 2.50. The third kappa shape index (κ3) is 1.92. The van der Waals surface area contributed by atoms with Gasteiger partial charge in [-0.25, -0.2) is 0 Å². The Bertz CT molecular complexity index is 182. The lowest BCUT2D eigenvalue weighted by Gasteiger charge is -2.43. The summed E-state index contributed by atoms with van der Waals surface area (Å²) in [5.41, 5.74) is 0. The molecule has 0 aromatic carbocycles. The van der Waals surface area contributed by atoms with E-state index in [-0.39, 0.29) is 0 Å². The SMILES string of the molecule is O=CCN1CCOC2CCCCC21. The predicted octanol–water partition coefficient (Wildman–Crippen LogP) is 0.829. The Morgan fingerprint density at radius 2 is 2.23 bits per heavy atom. The highest BCUT2D eigenvalue weighted by Gasteiger charge is 2.33. The van der Waals surface area contributed by atoms with Gasteiger partial charge >= 0.3 is 0 Å². The first kappa shape index (κ1) is 9.16. The molecule has 1 saturated heterocycles. The summed E-state index contributed by atoms with van der Waals surface area (Å²) < 4.78 is 5.70. The summed E-state index contributed by atoms with van der Waals surface area (Å²) in [6, 6.07) is 0.521. The number of hydrogen-bond donors (Lipinski definition) is 0. The summed E-state index contributed by atoms with van der Waals surface area (Å²) in [4.78, 5) is 12.7. The highest BCUT2D eigenvalue weighted by molar-refractivity contribution is 5.52. The van der Waals surface area contributed by atoms with Gasteiger partial charge in [-0.3, -0.25) is 4.90 Å². The van der Waals surface area contributed by atoms with Crippen LogP contribution in [0.25, 0.3) is 0 Å². The first-order valence-corrected chi connectivity index (χ1v) is 5.21. The van der Waals surface area contributed by atoms with Gasteiger partial charge in [0.25, 0.3) is 0 Å². The molecule has 3 heteroatoms. The van der Waals surface area contributed by atoms with Crippen molar-refractivity contribution >= 4 is 6.29 Å². The number of nitrogens with zero attached hydrogens (tertiary/aromatic N) is 1. The molecule has 74 valence electrons. The molecule has 1 heterocycles. The molecule has 0 aromatic heterocycles. The Morgan fingerprint density at radius 1 is 1.38 bits per heavy atom. The fraction of sp³-hybridized carbons (Fsp3) is 0.900. The normalized spacial score (nSPS) is 35.4. The van der Waals surface area contributed by atoms with Gasteiger partial charge in [0.05, 0.1) is 19.3 Å². The first-order valence-electron chi connectivity index (χ1n) is 5.21. The van der Waals surface area contributed by atoms with Gasteiger partial charge in [0.15, 0.2) is 0 Å². The second kappa shape index (κ2) is 4.20. The van der Waals surface area contributed by atoms with Crippen molar-refractivity contribution in [3.63, 3.8) is 0 Å². The average molecular weight is 183 g/mol. The van der Waals surface area contributed by atoms with E-state index < -0.39 is 0 Å². The van der Waals surface area contributed by atoms with E-state index in [1.54, 1.807) is 0 Å². The summed E-state index contributed by atoms with van der Waals surface area (Å²) in [5.74, 6) is 0. The van der Waals surface area contributed by atoms with Gasteiger partial charge in [-0.05, 0) is 12.8 Å². The minimum atomic E-state index is 0.405. The Hall–Kier alpha value is -0.410. The number of hydrogen-bond acceptors (Lipinski definition) is 3. The lowest BCUT2D eigenvalue weighted by molar-refractivity contribution is -0.117. The van der Waals surface area contributed by atoms with Gasteiger partial charge in [-0.2, -0.15) is 0 Å². The monoisotopic (exact) mass is 183 g/mol. The second-order valence-electron chi connectivity index (χ2n) is 3.92. The van der Waals surface area contributed by atoms with Crippen LogP contribution in [0, 0.1) is 0 Å². The van der Waals surface area contributed by atoms with E-state index in [9.17, 15) is 4.79 Å². The van der Waals surface area contributed by atoms with E-state index in [1.807, 2.05) is 0 Å². The summed E-state index contributed by atoms with van der Waals surface area (Å²) >= 11 is 0. The van der Waals surface area contributed by atoms with Crippen LogP contribution in [0.5, 0.6) is 0 Å². The van der Waals surface area contributed by atoms with Crippen LogP contribution in [0.3, 0.4) is 0 Å². The molecule has 0 spiro atoms. The zero-order valence-electron chi connectivity index (χ0n) is 7.95. The number of ether oxygens (including phenoxy) is 1. The molecule has 1 aliphatic heterocycles. The minimum absolute atomic E-state index is 0.405. The minimum Gasteiger partial charge on any atom is -0.375 e. The molecule has 0 aromatic rings. The van der Waals surface area contributed by atoms with Crippen molar-refractivity contribution in [3.05, 3.63) is 0 Å². The van der Waals surface area contributed by atoms with Crippen molar-refractivity contribution in [2.45, 2.75) is 37.8 Å². The molecule has 0 N–H and O–H groups in total. The molecule has 1 saturated carbocycles. The van der Waals surface area contributed by atoms with E-state index in [2.05, 4.69) is 4.90 Å². The molecule has 0 radical (unpaired) electrons. The summed E-state index contributed by atoms with van der Waals surface area (Å²) in [6.45, 7) is 2.32. The second-order valence-corrected chi connectivity index (χ2v) is 3.92. The van der Waals surface area contributed by atoms with Crippen molar-refractivity contribution in [1.82, 2.24) is 4.90 Å². The molecular formula is C10H17NO2. The highest BCUT2D eigenvalue weighted by Crippen LogP contribution is 2.27. The fourth-order valence-electron chi connectivity index (χ4n) is 2.50. The number of rotatable bonds is 2. The quantitative estimate of drug-likeness (QED) is 0.594. The highest BCUT2D eigenvalue weighted by atomic mass is 16.5. The Labute approximate surface area is 79.0 Å².